The molecule has 0 aromatic carbocycles. The highest BCUT2D eigenvalue weighted by Gasteiger charge is 2.62. The van der Waals surface area contributed by atoms with Crippen LogP contribution >= 0.6 is 0 Å². The van der Waals surface area contributed by atoms with Crippen LogP contribution in [-0.4, -0.2) is 60.3 Å². The van der Waals surface area contributed by atoms with Gasteiger partial charge in [-0.25, -0.2) is 0 Å². The van der Waals surface area contributed by atoms with E-state index in [2.05, 4.69) is 10.9 Å². The van der Waals surface area contributed by atoms with E-state index in [1.54, 1.807) is 7.11 Å². The molecule has 4 aliphatic carbocycles. The first-order valence-electron chi connectivity index (χ1n) is 10.0. The van der Waals surface area contributed by atoms with Crippen LogP contribution in [0.3, 0.4) is 0 Å². The number of carbonyl (C=O) groups is 1. The Hall–Kier alpha value is -0.570. The van der Waals surface area contributed by atoms with Crippen LogP contribution in [0, 0.1) is 11.8 Å². The maximum Gasteiger partial charge on any atom is 0.170 e. The van der Waals surface area contributed by atoms with Crippen molar-refractivity contribution in [2.45, 2.75) is 80.4 Å². The molecule has 1 saturated heterocycles. The number of ketones is 1. The summed E-state index contributed by atoms with van der Waals surface area (Å²) in [5.74, 6) is 0.481. The maximum atomic E-state index is 12.1. The molecule has 5 aliphatic rings. The number of ether oxygens (including phenoxy) is 3. The van der Waals surface area contributed by atoms with Crippen LogP contribution in [0.4, 0.5) is 0 Å². The minimum absolute atomic E-state index is 0.210. The zero-order chi connectivity index (χ0) is 18.0. The van der Waals surface area contributed by atoms with E-state index in [4.69, 9.17) is 14.2 Å². The number of carbonyl (C=O) groups excluding carboxylic acids is 1. The average molecular weight is 366 g/mol. The molecule has 1 aliphatic heterocycles. The molecule has 0 amide bonds. The van der Waals surface area contributed by atoms with Crippen LogP contribution in [0.2, 0.25) is 0 Å². The van der Waals surface area contributed by atoms with Crippen LogP contribution in [0.15, 0.2) is 0 Å². The number of rotatable bonds is 4. The minimum atomic E-state index is -0.493. The Morgan fingerprint density at radius 3 is 2.62 bits per heavy atom. The molecule has 5 rings (SSSR count). The van der Waals surface area contributed by atoms with E-state index >= 15 is 0 Å². The zero-order valence-electron chi connectivity index (χ0n) is 15.5. The van der Waals surface area contributed by atoms with Gasteiger partial charge in [-0.05, 0) is 37.5 Å². The quantitative estimate of drug-likeness (QED) is 0.630. The van der Waals surface area contributed by atoms with Crippen LogP contribution in [0.5, 0.6) is 0 Å². The van der Waals surface area contributed by atoms with Crippen LogP contribution in [0.1, 0.15) is 51.4 Å². The second-order valence-corrected chi connectivity index (χ2v) is 9.26. The van der Waals surface area contributed by atoms with Crippen molar-refractivity contribution in [2.75, 3.05) is 20.3 Å². The van der Waals surface area contributed by atoms with Gasteiger partial charge in [-0.2, -0.15) is 0 Å². The smallest absolute Gasteiger partial charge is 0.170 e. The highest BCUT2D eigenvalue weighted by molar-refractivity contribution is 5.83. The lowest BCUT2D eigenvalue weighted by Crippen LogP contribution is -2.62. The summed E-state index contributed by atoms with van der Waals surface area (Å²) >= 11 is 0. The fourth-order valence-corrected chi connectivity index (χ4v) is 6.58. The van der Waals surface area contributed by atoms with Crippen molar-refractivity contribution < 1.29 is 24.1 Å². The molecule has 2 unspecified atom stereocenters. The number of hydrogen-bond donors (Lipinski definition) is 3. The van der Waals surface area contributed by atoms with E-state index in [-0.39, 0.29) is 23.3 Å². The lowest BCUT2D eigenvalue weighted by atomic mass is 9.89. The van der Waals surface area contributed by atoms with Gasteiger partial charge in [0.1, 0.15) is 5.78 Å². The molecule has 1 heterocycles. The van der Waals surface area contributed by atoms with Crippen LogP contribution < -0.4 is 10.9 Å². The molecule has 0 aromatic rings. The molecule has 146 valence electrons. The third-order valence-electron chi connectivity index (χ3n) is 7.69. The van der Waals surface area contributed by atoms with E-state index in [9.17, 15) is 9.90 Å². The van der Waals surface area contributed by atoms with E-state index in [1.807, 2.05) is 0 Å². The SMILES string of the molecule is COC1C[C@@H]2CC(=O)C[C@]2(NN[C@]23CC(O)C[C@H]2CC2(C3)OCCO2)C1. The molecular weight excluding hydrogens is 336 g/mol. The summed E-state index contributed by atoms with van der Waals surface area (Å²) in [4.78, 5) is 12.1. The van der Waals surface area contributed by atoms with E-state index in [0.29, 0.717) is 50.1 Å². The van der Waals surface area contributed by atoms with Gasteiger partial charge in [-0.1, -0.05) is 0 Å². The van der Waals surface area contributed by atoms with Crippen molar-refractivity contribution in [3.05, 3.63) is 0 Å². The summed E-state index contributed by atoms with van der Waals surface area (Å²) in [6.45, 7) is 1.30. The normalized spacial score (nSPS) is 49.2. The van der Waals surface area contributed by atoms with Crippen molar-refractivity contribution in [2.24, 2.45) is 11.8 Å². The Bertz CT molecular complexity index is 594. The van der Waals surface area contributed by atoms with Gasteiger partial charge in [-0.15, -0.1) is 0 Å². The van der Waals surface area contributed by atoms with Crippen LogP contribution in [-0.2, 0) is 19.0 Å². The molecule has 4 saturated carbocycles. The lowest BCUT2D eigenvalue weighted by Gasteiger charge is -2.38. The number of aliphatic hydroxyl groups excluding tert-OH is 1. The van der Waals surface area contributed by atoms with Gasteiger partial charge >= 0.3 is 0 Å². The number of Topliss-reactive ketones (excluding diaryl/α,β-unsaturated/α-hetero) is 1. The predicted octanol–water partition coefficient (Wildman–Crippen LogP) is 0.654. The maximum absolute atomic E-state index is 12.1. The first kappa shape index (κ1) is 17.5. The summed E-state index contributed by atoms with van der Waals surface area (Å²) in [6, 6.07) is 0. The Morgan fingerprint density at radius 1 is 1.08 bits per heavy atom. The third kappa shape index (κ3) is 2.59. The summed E-state index contributed by atoms with van der Waals surface area (Å²) in [5, 5.41) is 10.3. The summed E-state index contributed by atoms with van der Waals surface area (Å²) in [7, 11) is 1.76. The second kappa shape index (κ2) is 5.96. The van der Waals surface area contributed by atoms with Gasteiger partial charge in [0.2, 0.25) is 0 Å². The highest BCUT2D eigenvalue weighted by atomic mass is 16.7. The van der Waals surface area contributed by atoms with Gasteiger partial charge in [0.25, 0.3) is 0 Å². The van der Waals surface area contributed by atoms with Gasteiger partial charge in [0.05, 0.1) is 25.4 Å². The number of nitrogens with one attached hydrogen (secondary N) is 2. The number of fused-ring (bicyclic) bond motifs is 2. The number of hydrogen-bond acceptors (Lipinski definition) is 7. The highest BCUT2D eigenvalue weighted by Crippen LogP contribution is 2.55. The largest absolute Gasteiger partial charge is 0.393 e. The molecule has 5 fully saturated rings. The van der Waals surface area contributed by atoms with Gasteiger partial charge in [-0.3, -0.25) is 15.6 Å². The first-order valence-corrected chi connectivity index (χ1v) is 10.0. The second-order valence-electron chi connectivity index (χ2n) is 9.26. The monoisotopic (exact) mass is 366 g/mol. The minimum Gasteiger partial charge on any atom is -0.393 e. The Kier molecular flexibility index (Phi) is 4.02. The van der Waals surface area contributed by atoms with Crippen molar-refractivity contribution in [3.63, 3.8) is 0 Å². The van der Waals surface area contributed by atoms with E-state index in [0.717, 1.165) is 32.1 Å². The molecule has 6 atom stereocenters. The molecule has 26 heavy (non-hydrogen) atoms. The van der Waals surface area contributed by atoms with Crippen molar-refractivity contribution in [3.8, 4) is 0 Å². The Balaban J connectivity index is 1.35. The number of hydrazine groups is 1. The fourth-order valence-electron chi connectivity index (χ4n) is 6.58. The first-order chi connectivity index (χ1) is 12.5. The molecule has 7 heteroatoms. The number of methoxy groups -OCH3 is 1. The van der Waals surface area contributed by atoms with Gasteiger partial charge in [0, 0.05) is 43.9 Å². The summed E-state index contributed by atoms with van der Waals surface area (Å²) < 4.78 is 17.5. The summed E-state index contributed by atoms with van der Waals surface area (Å²) in [6.07, 6.45) is 5.96. The lowest BCUT2D eigenvalue weighted by molar-refractivity contribution is -0.158. The topological polar surface area (TPSA) is 89.1 Å². The molecule has 0 bridgehead atoms. The Morgan fingerprint density at radius 2 is 1.85 bits per heavy atom. The van der Waals surface area contributed by atoms with Gasteiger partial charge < -0.3 is 19.3 Å². The van der Waals surface area contributed by atoms with Crippen molar-refractivity contribution >= 4 is 5.78 Å². The zero-order valence-corrected chi connectivity index (χ0v) is 15.5. The molecule has 1 spiro atoms. The molecular formula is C19H30N2O5. The summed E-state index contributed by atoms with van der Waals surface area (Å²) in [5.41, 5.74) is 6.78. The van der Waals surface area contributed by atoms with Crippen molar-refractivity contribution in [1.29, 1.82) is 0 Å². The Labute approximate surface area is 154 Å². The fraction of sp³-hybridized carbons (Fsp3) is 0.947. The van der Waals surface area contributed by atoms with Gasteiger partial charge in [0.15, 0.2) is 5.79 Å². The van der Waals surface area contributed by atoms with E-state index < -0.39 is 5.79 Å². The predicted molar refractivity (Wildman–Crippen MR) is 92.1 cm³/mol. The third-order valence-corrected chi connectivity index (χ3v) is 7.69. The molecule has 0 radical (unpaired) electrons. The molecule has 3 N–H and O–H groups in total. The number of aliphatic hydroxyl groups is 1. The standard InChI is InChI=1S/C19H30N2O5/c1-24-16-6-12-4-14(22)8-17(12,10-16)20-21-18-9-15(23)5-13(18)7-19(11-18)25-2-3-26-19/h12-13,15-16,20-21,23H,2-11H2,1H3/t12-,13-,15?,16?,17-,18-/m0/s1. The van der Waals surface area contributed by atoms with E-state index in [1.165, 1.54) is 0 Å². The average Bonchev–Trinajstić information content (AvgIpc) is 3.33. The van der Waals surface area contributed by atoms with Crippen LogP contribution in [0.25, 0.3) is 0 Å². The molecule has 0 aromatic heterocycles. The van der Waals surface area contributed by atoms with Crippen molar-refractivity contribution in [1.82, 2.24) is 10.9 Å². The molecule has 7 nitrogen and oxygen atoms in total.